The zero-order valence-electron chi connectivity index (χ0n) is 16.1. The first-order valence-corrected chi connectivity index (χ1v) is 10.6. The van der Waals surface area contributed by atoms with Crippen LogP contribution in [0.15, 0.2) is 77.7 Å². The molecule has 3 aromatic carbocycles. The number of halogens is 2. The number of hydrogen-bond donors (Lipinski definition) is 2. The monoisotopic (exact) mass is 430 g/mol. The minimum Gasteiger partial charge on any atom is -0.345 e. The van der Waals surface area contributed by atoms with Crippen molar-refractivity contribution in [2.24, 2.45) is 0 Å². The fourth-order valence-electron chi connectivity index (χ4n) is 3.02. The molecule has 0 radical (unpaired) electrons. The lowest BCUT2D eigenvalue weighted by atomic mass is 9.98. The fraction of sp³-hybridized carbons (Fsp3) is 0.136. The third kappa shape index (κ3) is 5.28. The van der Waals surface area contributed by atoms with Crippen LogP contribution in [0.1, 0.15) is 27.5 Å². The molecular weight excluding hydrogens is 410 g/mol. The Hall–Kier alpha value is -3.10. The summed E-state index contributed by atoms with van der Waals surface area (Å²) in [7, 11) is -2.32. The van der Waals surface area contributed by atoms with Crippen molar-refractivity contribution in [3.8, 4) is 0 Å². The Bertz CT molecular complexity index is 1150. The number of sulfonamides is 1. The standard InChI is InChI=1S/C22H20F2N2O3S/c1-25-30(28,29)20-10-8-16(9-11-20)22(27)26-21(17-5-3-7-19(24)14-17)13-15-4-2-6-18(23)12-15/h2-12,14,21,25H,13H2,1H3,(H,26,27)/t21-/m1/s1. The van der Waals surface area contributed by atoms with E-state index in [0.717, 1.165) is 0 Å². The first-order valence-electron chi connectivity index (χ1n) is 9.13. The van der Waals surface area contributed by atoms with Crippen molar-refractivity contribution in [3.63, 3.8) is 0 Å². The van der Waals surface area contributed by atoms with Crippen LogP contribution in [0.4, 0.5) is 8.78 Å². The van der Waals surface area contributed by atoms with Crippen LogP contribution < -0.4 is 10.0 Å². The average Bonchev–Trinajstić information content (AvgIpc) is 2.73. The van der Waals surface area contributed by atoms with Gasteiger partial charge in [-0.15, -0.1) is 0 Å². The van der Waals surface area contributed by atoms with Gasteiger partial charge in [0, 0.05) is 5.56 Å². The molecule has 30 heavy (non-hydrogen) atoms. The zero-order chi connectivity index (χ0) is 21.7. The van der Waals surface area contributed by atoms with Crippen molar-refractivity contribution >= 4 is 15.9 Å². The number of carbonyl (C=O) groups is 1. The highest BCUT2D eigenvalue weighted by Crippen LogP contribution is 2.21. The van der Waals surface area contributed by atoms with Gasteiger partial charge < -0.3 is 5.32 Å². The van der Waals surface area contributed by atoms with E-state index < -0.39 is 33.6 Å². The van der Waals surface area contributed by atoms with Crippen LogP contribution in [-0.4, -0.2) is 21.4 Å². The summed E-state index contributed by atoms with van der Waals surface area (Å²) >= 11 is 0. The van der Waals surface area contributed by atoms with Crippen molar-refractivity contribution in [2.45, 2.75) is 17.4 Å². The molecule has 0 aromatic heterocycles. The van der Waals surface area contributed by atoms with Gasteiger partial charge in [-0.3, -0.25) is 4.79 Å². The normalized spacial score (nSPS) is 12.4. The van der Waals surface area contributed by atoms with Gasteiger partial charge >= 0.3 is 0 Å². The van der Waals surface area contributed by atoms with Gasteiger partial charge in [-0.05, 0) is 73.1 Å². The van der Waals surface area contributed by atoms with E-state index in [4.69, 9.17) is 0 Å². The summed E-state index contributed by atoms with van der Waals surface area (Å²) in [5.41, 5.74) is 1.41. The summed E-state index contributed by atoms with van der Waals surface area (Å²) in [6.07, 6.45) is 0.249. The Kier molecular flexibility index (Phi) is 6.59. The molecule has 3 aromatic rings. The van der Waals surface area contributed by atoms with Gasteiger partial charge in [0.15, 0.2) is 0 Å². The van der Waals surface area contributed by atoms with Crippen molar-refractivity contribution in [3.05, 3.63) is 101 Å². The lowest BCUT2D eigenvalue weighted by molar-refractivity contribution is 0.0936. The van der Waals surface area contributed by atoms with Gasteiger partial charge in [0.05, 0.1) is 10.9 Å². The maximum absolute atomic E-state index is 13.7. The fourth-order valence-corrected chi connectivity index (χ4v) is 3.75. The smallest absolute Gasteiger partial charge is 0.251 e. The maximum Gasteiger partial charge on any atom is 0.251 e. The van der Waals surface area contributed by atoms with Crippen molar-refractivity contribution < 1.29 is 22.0 Å². The van der Waals surface area contributed by atoms with Crippen molar-refractivity contribution in [1.82, 2.24) is 10.0 Å². The topological polar surface area (TPSA) is 75.3 Å². The number of hydrogen-bond acceptors (Lipinski definition) is 3. The summed E-state index contributed by atoms with van der Waals surface area (Å²) in [5.74, 6) is -1.32. The molecule has 8 heteroatoms. The summed E-state index contributed by atoms with van der Waals surface area (Å²) in [5, 5.41) is 2.82. The molecular formula is C22H20F2N2O3S. The SMILES string of the molecule is CNS(=O)(=O)c1ccc(C(=O)N[C@H](Cc2cccc(F)c2)c2cccc(F)c2)cc1. The highest BCUT2D eigenvalue weighted by atomic mass is 32.2. The third-order valence-corrected chi connectivity index (χ3v) is 6.01. The van der Waals surface area contributed by atoms with Gasteiger partial charge in [0.25, 0.3) is 5.91 Å². The van der Waals surface area contributed by atoms with Crippen molar-refractivity contribution in [1.29, 1.82) is 0 Å². The highest BCUT2D eigenvalue weighted by molar-refractivity contribution is 7.89. The molecule has 1 atom stereocenters. The number of amides is 1. The Labute approximate surface area is 173 Å². The quantitative estimate of drug-likeness (QED) is 0.602. The molecule has 0 aliphatic carbocycles. The Morgan fingerprint density at radius 2 is 1.57 bits per heavy atom. The van der Waals surface area contributed by atoms with Crippen LogP contribution in [0.5, 0.6) is 0 Å². The summed E-state index contributed by atoms with van der Waals surface area (Å²) in [4.78, 5) is 12.8. The zero-order valence-corrected chi connectivity index (χ0v) is 16.9. The van der Waals surface area contributed by atoms with E-state index in [9.17, 15) is 22.0 Å². The predicted molar refractivity (Wildman–Crippen MR) is 109 cm³/mol. The summed E-state index contributed by atoms with van der Waals surface area (Å²) in [6, 6.07) is 16.6. The molecule has 0 bridgehead atoms. The molecule has 0 saturated heterocycles. The molecule has 2 N–H and O–H groups in total. The second-order valence-electron chi connectivity index (χ2n) is 6.65. The predicted octanol–water partition coefficient (Wildman–Crippen LogP) is 3.59. The molecule has 0 unspecified atom stereocenters. The highest BCUT2D eigenvalue weighted by Gasteiger charge is 2.18. The molecule has 0 heterocycles. The van der Waals surface area contributed by atoms with E-state index in [2.05, 4.69) is 10.0 Å². The molecule has 3 rings (SSSR count). The molecule has 156 valence electrons. The lowest BCUT2D eigenvalue weighted by Gasteiger charge is -2.20. The van der Waals surface area contributed by atoms with Crippen LogP contribution in [0, 0.1) is 11.6 Å². The van der Waals surface area contributed by atoms with Crippen LogP contribution in [-0.2, 0) is 16.4 Å². The number of benzene rings is 3. The third-order valence-electron chi connectivity index (χ3n) is 4.58. The van der Waals surface area contributed by atoms with E-state index in [1.807, 2.05) is 0 Å². The summed E-state index contributed by atoms with van der Waals surface area (Å²) in [6.45, 7) is 0. The number of rotatable bonds is 7. The van der Waals surface area contributed by atoms with Gasteiger partial charge in [0.2, 0.25) is 10.0 Å². The number of nitrogens with one attached hydrogen (secondary N) is 2. The summed E-state index contributed by atoms with van der Waals surface area (Å²) < 4.78 is 53.2. The van der Waals surface area contributed by atoms with E-state index >= 15 is 0 Å². The molecule has 0 fully saturated rings. The van der Waals surface area contributed by atoms with E-state index in [1.165, 1.54) is 61.6 Å². The maximum atomic E-state index is 13.7. The molecule has 1 amide bonds. The van der Waals surface area contributed by atoms with Crippen LogP contribution in [0.25, 0.3) is 0 Å². The van der Waals surface area contributed by atoms with Gasteiger partial charge in [-0.25, -0.2) is 21.9 Å². The molecule has 0 aliphatic rings. The average molecular weight is 430 g/mol. The van der Waals surface area contributed by atoms with E-state index in [0.29, 0.717) is 11.1 Å². The second-order valence-corrected chi connectivity index (χ2v) is 8.53. The van der Waals surface area contributed by atoms with Gasteiger partial charge in [-0.1, -0.05) is 24.3 Å². The van der Waals surface area contributed by atoms with Crippen LogP contribution >= 0.6 is 0 Å². The van der Waals surface area contributed by atoms with E-state index in [-0.39, 0.29) is 16.9 Å². The minimum atomic E-state index is -3.62. The lowest BCUT2D eigenvalue weighted by Crippen LogP contribution is -2.30. The van der Waals surface area contributed by atoms with Gasteiger partial charge in [0.1, 0.15) is 11.6 Å². The number of carbonyl (C=O) groups excluding carboxylic acids is 1. The van der Waals surface area contributed by atoms with Gasteiger partial charge in [-0.2, -0.15) is 0 Å². The van der Waals surface area contributed by atoms with E-state index in [1.54, 1.807) is 18.2 Å². The van der Waals surface area contributed by atoms with Crippen molar-refractivity contribution in [2.75, 3.05) is 7.05 Å². The minimum absolute atomic E-state index is 0.0305. The first kappa shape index (κ1) is 21.6. The Morgan fingerprint density at radius 3 is 2.17 bits per heavy atom. The largest absolute Gasteiger partial charge is 0.345 e. The first-order chi connectivity index (χ1) is 14.3. The van der Waals surface area contributed by atoms with Crippen LogP contribution in [0.2, 0.25) is 0 Å². The Morgan fingerprint density at radius 1 is 0.933 bits per heavy atom. The molecule has 5 nitrogen and oxygen atoms in total. The molecule has 0 saturated carbocycles. The molecule has 0 spiro atoms. The Balaban J connectivity index is 1.86. The van der Waals surface area contributed by atoms with Crippen LogP contribution in [0.3, 0.4) is 0 Å². The second kappa shape index (κ2) is 9.15. The molecule has 0 aliphatic heterocycles.